The van der Waals surface area contributed by atoms with Gasteiger partial charge in [-0.05, 0) is 49.4 Å². The summed E-state index contributed by atoms with van der Waals surface area (Å²) in [6.07, 6.45) is 5.03. The van der Waals surface area contributed by atoms with E-state index in [0.29, 0.717) is 11.7 Å². The number of aromatic hydroxyl groups is 1. The standard InChI is InChI=1S/C14H21NO/c1-2-11(10-15-13-5-6-13)9-12-3-7-14(16)8-4-12/h3-4,7-8,11,13,15-16H,2,5-6,9-10H2,1H3. The Bertz CT molecular complexity index is 316. The highest BCUT2D eigenvalue weighted by molar-refractivity contribution is 5.26. The average molecular weight is 219 g/mol. The zero-order chi connectivity index (χ0) is 11.4. The lowest BCUT2D eigenvalue weighted by Crippen LogP contribution is -2.25. The van der Waals surface area contributed by atoms with Crippen LogP contribution in [-0.2, 0) is 6.42 Å². The van der Waals surface area contributed by atoms with Gasteiger partial charge in [0.25, 0.3) is 0 Å². The predicted molar refractivity (Wildman–Crippen MR) is 66.6 cm³/mol. The number of phenols is 1. The minimum Gasteiger partial charge on any atom is -0.508 e. The van der Waals surface area contributed by atoms with Crippen LogP contribution < -0.4 is 5.32 Å². The molecule has 1 fully saturated rings. The second-order valence-electron chi connectivity index (χ2n) is 4.83. The lowest BCUT2D eigenvalue weighted by molar-refractivity contribution is 0.456. The maximum absolute atomic E-state index is 9.22. The maximum atomic E-state index is 9.22. The molecule has 1 aliphatic carbocycles. The molecule has 1 saturated carbocycles. The van der Waals surface area contributed by atoms with Crippen molar-refractivity contribution in [2.75, 3.05) is 6.54 Å². The van der Waals surface area contributed by atoms with Crippen molar-refractivity contribution in [3.05, 3.63) is 29.8 Å². The van der Waals surface area contributed by atoms with Crippen LogP contribution in [0.4, 0.5) is 0 Å². The molecule has 0 amide bonds. The Hall–Kier alpha value is -1.02. The van der Waals surface area contributed by atoms with Crippen molar-refractivity contribution in [1.29, 1.82) is 0 Å². The first kappa shape index (κ1) is 11.5. The van der Waals surface area contributed by atoms with Crippen molar-refractivity contribution in [1.82, 2.24) is 5.32 Å². The van der Waals surface area contributed by atoms with Crippen molar-refractivity contribution >= 4 is 0 Å². The quantitative estimate of drug-likeness (QED) is 0.771. The molecule has 1 unspecified atom stereocenters. The molecule has 0 spiro atoms. The molecule has 88 valence electrons. The van der Waals surface area contributed by atoms with E-state index in [1.165, 1.54) is 24.8 Å². The summed E-state index contributed by atoms with van der Waals surface area (Å²) in [5.74, 6) is 1.07. The number of benzene rings is 1. The SMILES string of the molecule is CCC(CNC1CC1)Cc1ccc(O)cc1. The van der Waals surface area contributed by atoms with Crippen LogP contribution in [0, 0.1) is 5.92 Å². The summed E-state index contributed by atoms with van der Waals surface area (Å²) in [6, 6.07) is 8.39. The van der Waals surface area contributed by atoms with Gasteiger partial charge >= 0.3 is 0 Å². The molecule has 1 aromatic carbocycles. The van der Waals surface area contributed by atoms with Gasteiger partial charge in [-0.1, -0.05) is 25.5 Å². The smallest absolute Gasteiger partial charge is 0.115 e. The molecule has 1 aliphatic rings. The van der Waals surface area contributed by atoms with Crippen LogP contribution in [0.5, 0.6) is 5.75 Å². The lowest BCUT2D eigenvalue weighted by atomic mass is 9.97. The number of nitrogens with one attached hydrogen (secondary N) is 1. The van der Waals surface area contributed by atoms with Crippen molar-refractivity contribution < 1.29 is 5.11 Å². The molecular weight excluding hydrogens is 198 g/mol. The highest BCUT2D eigenvalue weighted by Crippen LogP contribution is 2.20. The second-order valence-corrected chi connectivity index (χ2v) is 4.83. The Labute approximate surface area is 97.7 Å². The molecule has 1 aromatic rings. The van der Waals surface area contributed by atoms with Crippen LogP contribution in [0.25, 0.3) is 0 Å². The Morgan fingerprint density at radius 2 is 2.00 bits per heavy atom. The predicted octanol–water partition coefficient (Wildman–Crippen LogP) is 2.71. The van der Waals surface area contributed by atoms with Gasteiger partial charge in [0.2, 0.25) is 0 Å². The van der Waals surface area contributed by atoms with Gasteiger partial charge in [0.1, 0.15) is 5.75 Å². The molecular formula is C14H21NO. The van der Waals surface area contributed by atoms with Crippen LogP contribution in [0.3, 0.4) is 0 Å². The van der Waals surface area contributed by atoms with Gasteiger partial charge in [0, 0.05) is 6.04 Å². The molecule has 0 aliphatic heterocycles. The Morgan fingerprint density at radius 1 is 1.31 bits per heavy atom. The lowest BCUT2D eigenvalue weighted by Gasteiger charge is -2.15. The van der Waals surface area contributed by atoms with Crippen molar-refractivity contribution in [3.63, 3.8) is 0 Å². The van der Waals surface area contributed by atoms with E-state index in [1.807, 2.05) is 12.1 Å². The number of rotatable bonds is 6. The van der Waals surface area contributed by atoms with Crippen LogP contribution >= 0.6 is 0 Å². The monoisotopic (exact) mass is 219 g/mol. The van der Waals surface area contributed by atoms with E-state index in [1.54, 1.807) is 12.1 Å². The third-order valence-corrected chi connectivity index (χ3v) is 3.31. The summed E-state index contributed by atoms with van der Waals surface area (Å²) < 4.78 is 0. The average Bonchev–Trinajstić information content (AvgIpc) is 3.11. The van der Waals surface area contributed by atoms with Gasteiger partial charge in [-0.15, -0.1) is 0 Å². The van der Waals surface area contributed by atoms with Crippen molar-refractivity contribution in [2.45, 2.75) is 38.6 Å². The molecule has 16 heavy (non-hydrogen) atoms. The van der Waals surface area contributed by atoms with E-state index >= 15 is 0 Å². The van der Waals surface area contributed by atoms with E-state index < -0.39 is 0 Å². The summed E-state index contributed by atoms with van der Waals surface area (Å²) in [7, 11) is 0. The van der Waals surface area contributed by atoms with Gasteiger partial charge in [-0.2, -0.15) is 0 Å². The van der Waals surface area contributed by atoms with E-state index in [0.717, 1.165) is 19.0 Å². The molecule has 0 heterocycles. The Balaban J connectivity index is 1.82. The zero-order valence-corrected chi connectivity index (χ0v) is 9.95. The molecule has 2 N–H and O–H groups in total. The number of hydrogen-bond acceptors (Lipinski definition) is 2. The topological polar surface area (TPSA) is 32.3 Å². The fraction of sp³-hybridized carbons (Fsp3) is 0.571. The minimum atomic E-state index is 0.355. The van der Waals surface area contributed by atoms with Crippen LogP contribution in [0.1, 0.15) is 31.7 Å². The van der Waals surface area contributed by atoms with E-state index in [-0.39, 0.29) is 0 Å². The number of hydrogen-bond donors (Lipinski definition) is 2. The van der Waals surface area contributed by atoms with Gasteiger partial charge in [0.15, 0.2) is 0 Å². The van der Waals surface area contributed by atoms with Gasteiger partial charge in [-0.3, -0.25) is 0 Å². The summed E-state index contributed by atoms with van der Waals surface area (Å²) in [4.78, 5) is 0. The van der Waals surface area contributed by atoms with Crippen molar-refractivity contribution in [3.8, 4) is 5.75 Å². The normalized spacial score (nSPS) is 17.3. The highest BCUT2D eigenvalue weighted by Gasteiger charge is 2.21. The van der Waals surface area contributed by atoms with Crippen LogP contribution in [-0.4, -0.2) is 17.7 Å². The largest absolute Gasteiger partial charge is 0.508 e. The first-order valence-electron chi connectivity index (χ1n) is 6.29. The third-order valence-electron chi connectivity index (χ3n) is 3.31. The van der Waals surface area contributed by atoms with Gasteiger partial charge < -0.3 is 10.4 Å². The van der Waals surface area contributed by atoms with Gasteiger partial charge in [0.05, 0.1) is 0 Å². The molecule has 0 aromatic heterocycles. The summed E-state index contributed by atoms with van der Waals surface area (Å²) >= 11 is 0. The Morgan fingerprint density at radius 3 is 2.56 bits per heavy atom. The Kier molecular flexibility index (Phi) is 3.83. The highest BCUT2D eigenvalue weighted by atomic mass is 16.3. The van der Waals surface area contributed by atoms with Crippen molar-refractivity contribution in [2.24, 2.45) is 5.92 Å². The molecule has 1 atom stereocenters. The van der Waals surface area contributed by atoms with E-state index in [9.17, 15) is 5.11 Å². The third kappa shape index (κ3) is 3.53. The molecule has 2 heteroatoms. The maximum Gasteiger partial charge on any atom is 0.115 e. The fourth-order valence-corrected chi connectivity index (χ4v) is 1.95. The molecule has 0 radical (unpaired) electrons. The summed E-state index contributed by atoms with van der Waals surface area (Å²) in [5, 5.41) is 12.8. The first-order valence-corrected chi connectivity index (χ1v) is 6.29. The molecule has 2 rings (SSSR count). The fourth-order valence-electron chi connectivity index (χ4n) is 1.95. The summed E-state index contributed by atoms with van der Waals surface area (Å²) in [5.41, 5.74) is 1.32. The second kappa shape index (κ2) is 5.35. The van der Waals surface area contributed by atoms with E-state index in [2.05, 4.69) is 12.2 Å². The van der Waals surface area contributed by atoms with Crippen LogP contribution in [0.2, 0.25) is 0 Å². The summed E-state index contributed by atoms with van der Waals surface area (Å²) in [6.45, 7) is 3.38. The molecule has 0 saturated heterocycles. The van der Waals surface area contributed by atoms with Crippen LogP contribution in [0.15, 0.2) is 24.3 Å². The molecule has 2 nitrogen and oxygen atoms in total. The van der Waals surface area contributed by atoms with E-state index in [4.69, 9.17) is 0 Å². The number of phenolic OH excluding ortho intramolecular Hbond substituents is 1. The minimum absolute atomic E-state index is 0.355. The molecule has 0 bridgehead atoms. The van der Waals surface area contributed by atoms with Gasteiger partial charge in [-0.25, -0.2) is 0 Å². The zero-order valence-electron chi connectivity index (χ0n) is 9.95. The first-order chi connectivity index (χ1) is 7.78.